The van der Waals surface area contributed by atoms with Gasteiger partial charge in [-0.05, 0) is 35.4 Å². The zero-order valence-electron chi connectivity index (χ0n) is 13.1. The molecule has 19 heavy (non-hydrogen) atoms. The monoisotopic (exact) mass is 263 g/mol. The maximum absolute atomic E-state index is 6.02. The van der Waals surface area contributed by atoms with Crippen molar-refractivity contribution in [3.8, 4) is 5.75 Å². The molecule has 1 aromatic carbocycles. The van der Waals surface area contributed by atoms with Crippen molar-refractivity contribution in [1.82, 2.24) is 0 Å². The lowest BCUT2D eigenvalue weighted by Gasteiger charge is -2.24. The van der Waals surface area contributed by atoms with Crippen molar-refractivity contribution >= 4 is 0 Å². The van der Waals surface area contributed by atoms with E-state index in [9.17, 15) is 0 Å². The van der Waals surface area contributed by atoms with Crippen LogP contribution < -0.4 is 10.5 Å². The highest BCUT2D eigenvalue weighted by Crippen LogP contribution is 2.32. The van der Waals surface area contributed by atoms with Gasteiger partial charge in [0.1, 0.15) is 12.4 Å². The third-order valence-electron chi connectivity index (χ3n) is 3.37. The highest BCUT2D eigenvalue weighted by atomic mass is 16.5. The average Bonchev–Trinajstić information content (AvgIpc) is 2.35. The van der Waals surface area contributed by atoms with Gasteiger partial charge < -0.3 is 10.5 Å². The van der Waals surface area contributed by atoms with E-state index in [1.807, 2.05) is 0 Å². The molecule has 0 spiro atoms. The molecule has 0 aromatic heterocycles. The van der Waals surface area contributed by atoms with Crippen LogP contribution in [0.2, 0.25) is 0 Å². The van der Waals surface area contributed by atoms with Gasteiger partial charge in [0.25, 0.3) is 0 Å². The van der Waals surface area contributed by atoms with Crippen molar-refractivity contribution in [2.75, 3.05) is 6.61 Å². The molecule has 0 heterocycles. The Morgan fingerprint density at radius 1 is 1.21 bits per heavy atom. The Hall–Kier alpha value is -1.02. The molecule has 0 bridgehead atoms. The van der Waals surface area contributed by atoms with Gasteiger partial charge in [-0.3, -0.25) is 0 Å². The molecule has 1 unspecified atom stereocenters. The van der Waals surface area contributed by atoms with E-state index in [1.165, 1.54) is 11.1 Å². The van der Waals surface area contributed by atoms with Crippen LogP contribution in [0.4, 0.5) is 0 Å². The molecule has 0 aliphatic heterocycles. The molecular formula is C17H29NO. The Bertz CT molecular complexity index is 393. The molecule has 0 saturated heterocycles. The summed E-state index contributed by atoms with van der Waals surface area (Å²) in [6.07, 6.45) is 3.17. The minimum atomic E-state index is 0.0926. The summed E-state index contributed by atoms with van der Waals surface area (Å²) < 4.78 is 5.95. The lowest BCUT2D eigenvalue weighted by molar-refractivity contribution is 0.275. The summed E-state index contributed by atoms with van der Waals surface area (Å²) in [6.45, 7) is 11.6. The van der Waals surface area contributed by atoms with Crippen molar-refractivity contribution in [3.05, 3.63) is 29.3 Å². The summed E-state index contributed by atoms with van der Waals surface area (Å²) >= 11 is 0. The summed E-state index contributed by atoms with van der Waals surface area (Å²) in [5.41, 5.74) is 8.75. The van der Waals surface area contributed by atoms with Crippen molar-refractivity contribution in [2.45, 2.75) is 65.3 Å². The maximum atomic E-state index is 6.02. The van der Waals surface area contributed by atoms with Crippen molar-refractivity contribution in [1.29, 1.82) is 0 Å². The van der Waals surface area contributed by atoms with Gasteiger partial charge in [0, 0.05) is 6.04 Å². The van der Waals surface area contributed by atoms with Gasteiger partial charge in [0.05, 0.1) is 0 Å². The highest BCUT2D eigenvalue weighted by molar-refractivity contribution is 5.41. The van der Waals surface area contributed by atoms with Gasteiger partial charge >= 0.3 is 0 Å². The fourth-order valence-electron chi connectivity index (χ4n) is 2.16. The molecular weight excluding hydrogens is 234 g/mol. The van der Waals surface area contributed by atoms with Crippen LogP contribution in [-0.2, 0) is 11.8 Å². The van der Waals surface area contributed by atoms with Crippen LogP contribution in [0.15, 0.2) is 18.2 Å². The smallest absolute Gasteiger partial charge is 0.123 e. The number of hydrogen-bond donors (Lipinski definition) is 1. The highest BCUT2D eigenvalue weighted by Gasteiger charge is 2.19. The molecule has 0 saturated carbocycles. The van der Waals surface area contributed by atoms with Crippen LogP contribution >= 0.6 is 0 Å². The van der Waals surface area contributed by atoms with Gasteiger partial charge in [0.2, 0.25) is 0 Å². The topological polar surface area (TPSA) is 35.2 Å². The van der Waals surface area contributed by atoms with Crippen LogP contribution in [0.25, 0.3) is 0 Å². The molecule has 2 nitrogen and oxygen atoms in total. The van der Waals surface area contributed by atoms with E-state index in [0.717, 1.165) is 25.0 Å². The predicted octanol–water partition coefficient (Wildman–Crippen LogP) is 4.05. The minimum Gasteiger partial charge on any atom is -0.492 e. The summed E-state index contributed by atoms with van der Waals surface area (Å²) in [4.78, 5) is 0. The van der Waals surface area contributed by atoms with Crippen LogP contribution in [0.1, 0.15) is 58.6 Å². The Morgan fingerprint density at radius 2 is 1.89 bits per heavy atom. The fourth-order valence-corrected chi connectivity index (χ4v) is 2.16. The average molecular weight is 263 g/mol. The fraction of sp³-hybridized carbons (Fsp3) is 0.647. The van der Waals surface area contributed by atoms with Crippen molar-refractivity contribution in [3.63, 3.8) is 0 Å². The summed E-state index contributed by atoms with van der Waals surface area (Å²) in [6, 6.07) is 6.64. The van der Waals surface area contributed by atoms with Crippen LogP contribution in [0, 0.1) is 0 Å². The second-order valence-corrected chi connectivity index (χ2v) is 6.29. The molecule has 0 amide bonds. The number of nitrogens with two attached hydrogens (primary N) is 1. The van der Waals surface area contributed by atoms with Crippen LogP contribution in [0.5, 0.6) is 5.75 Å². The first-order chi connectivity index (χ1) is 8.88. The lowest BCUT2D eigenvalue weighted by atomic mass is 9.85. The van der Waals surface area contributed by atoms with E-state index >= 15 is 0 Å². The van der Waals surface area contributed by atoms with E-state index in [0.29, 0.717) is 6.61 Å². The van der Waals surface area contributed by atoms with Crippen LogP contribution in [0.3, 0.4) is 0 Å². The zero-order chi connectivity index (χ0) is 14.5. The Balaban J connectivity index is 2.87. The molecule has 2 N–H and O–H groups in total. The second-order valence-electron chi connectivity index (χ2n) is 6.29. The largest absolute Gasteiger partial charge is 0.492 e. The first-order valence-electron chi connectivity index (χ1n) is 7.40. The molecule has 0 radical (unpaired) electrons. The number of hydrogen-bond acceptors (Lipinski definition) is 2. The van der Waals surface area contributed by atoms with E-state index < -0.39 is 0 Å². The first-order valence-corrected chi connectivity index (χ1v) is 7.40. The standard InChI is InChI=1S/C17H29NO/c1-6-8-14(18)12-19-16-10-9-13(7-2)11-15(16)17(3,4)5/h9-11,14H,6-8,12,18H2,1-5H3. The first kappa shape index (κ1) is 16.0. The predicted molar refractivity (Wildman–Crippen MR) is 82.9 cm³/mol. The van der Waals surface area contributed by atoms with E-state index in [-0.39, 0.29) is 11.5 Å². The van der Waals surface area contributed by atoms with E-state index in [1.54, 1.807) is 0 Å². The number of benzene rings is 1. The molecule has 108 valence electrons. The van der Waals surface area contributed by atoms with Crippen molar-refractivity contribution < 1.29 is 4.74 Å². The van der Waals surface area contributed by atoms with Gasteiger partial charge in [0.15, 0.2) is 0 Å². The number of ether oxygens (including phenoxy) is 1. The molecule has 0 aliphatic carbocycles. The second kappa shape index (κ2) is 6.95. The van der Waals surface area contributed by atoms with Gasteiger partial charge in [-0.25, -0.2) is 0 Å². The molecule has 1 rings (SSSR count). The Morgan fingerprint density at radius 3 is 2.42 bits per heavy atom. The molecule has 1 atom stereocenters. The minimum absolute atomic E-state index is 0.0926. The zero-order valence-corrected chi connectivity index (χ0v) is 13.1. The van der Waals surface area contributed by atoms with Crippen molar-refractivity contribution in [2.24, 2.45) is 5.73 Å². The quantitative estimate of drug-likeness (QED) is 0.840. The molecule has 1 aromatic rings. The Labute approximate surface area is 118 Å². The SMILES string of the molecule is CCCC(N)COc1ccc(CC)cc1C(C)(C)C. The van der Waals surface area contributed by atoms with Gasteiger partial charge in [-0.15, -0.1) is 0 Å². The van der Waals surface area contributed by atoms with Crippen LogP contribution in [-0.4, -0.2) is 12.6 Å². The summed E-state index contributed by atoms with van der Waals surface area (Å²) in [5, 5.41) is 0. The van der Waals surface area contributed by atoms with Gasteiger partial charge in [-0.1, -0.05) is 53.2 Å². The molecule has 0 aliphatic rings. The third kappa shape index (κ3) is 4.87. The number of rotatable bonds is 6. The third-order valence-corrected chi connectivity index (χ3v) is 3.37. The lowest BCUT2D eigenvalue weighted by Crippen LogP contribution is -2.28. The molecule has 2 heteroatoms. The Kier molecular flexibility index (Phi) is 5.86. The maximum Gasteiger partial charge on any atom is 0.123 e. The van der Waals surface area contributed by atoms with E-state index in [4.69, 9.17) is 10.5 Å². The molecule has 0 fully saturated rings. The van der Waals surface area contributed by atoms with E-state index in [2.05, 4.69) is 52.8 Å². The van der Waals surface area contributed by atoms with Gasteiger partial charge in [-0.2, -0.15) is 0 Å². The summed E-state index contributed by atoms with van der Waals surface area (Å²) in [5.74, 6) is 0.983. The summed E-state index contributed by atoms with van der Waals surface area (Å²) in [7, 11) is 0. The number of aryl methyl sites for hydroxylation is 1. The normalized spacial score (nSPS) is 13.4.